The lowest BCUT2D eigenvalue weighted by Crippen LogP contribution is -2.12. The molecule has 0 atom stereocenters. The predicted octanol–water partition coefficient (Wildman–Crippen LogP) is 3.26. The Morgan fingerprint density at radius 2 is 2.00 bits per heavy atom. The summed E-state index contributed by atoms with van der Waals surface area (Å²) in [4.78, 5) is 11.9. The van der Waals surface area contributed by atoms with Crippen LogP contribution in [0.15, 0.2) is 42.5 Å². The normalized spacial score (nSPS) is 10.1. The lowest BCUT2D eigenvalue weighted by molar-refractivity contribution is 0.102. The van der Waals surface area contributed by atoms with Crippen LogP contribution in [0.25, 0.3) is 0 Å². The number of hydrogen-bond acceptors (Lipinski definition) is 2. The SMILES string of the molecule is Nc1cc(NC(=O)c2cccc(I)c2)ccc1F. The van der Waals surface area contributed by atoms with Crippen molar-refractivity contribution in [3.05, 3.63) is 57.4 Å². The molecule has 2 aromatic carbocycles. The second-order valence-corrected chi connectivity index (χ2v) is 4.95. The lowest BCUT2D eigenvalue weighted by Gasteiger charge is -2.06. The van der Waals surface area contributed by atoms with E-state index in [2.05, 4.69) is 27.9 Å². The van der Waals surface area contributed by atoms with Gasteiger partial charge in [0.1, 0.15) is 5.82 Å². The molecule has 2 rings (SSSR count). The van der Waals surface area contributed by atoms with E-state index in [1.807, 2.05) is 6.07 Å². The number of nitrogens with two attached hydrogens (primary N) is 1. The molecule has 5 heteroatoms. The van der Waals surface area contributed by atoms with Gasteiger partial charge in [-0.1, -0.05) is 6.07 Å². The van der Waals surface area contributed by atoms with E-state index in [0.29, 0.717) is 11.3 Å². The molecule has 2 aromatic rings. The van der Waals surface area contributed by atoms with E-state index in [1.54, 1.807) is 18.2 Å². The van der Waals surface area contributed by atoms with Gasteiger partial charge in [-0.3, -0.25) is 4.79 Å². The third-order valence-electron chi connectivity index (χ3n) is 2.34. The van der Waals surface area contributed by atoms with Gasteiger partial charge in [0.2, 0.25) is 0 Å². The Labute approximate surface area is 117 Å². The van der Waals surface area contributed by atoms with Crippen LogP contribution in [0.5, 0.6) is 0 Å². The Morgan fingerprint density at radius 3 is 2.67 bits per heavy atom. The van der Waals surface area contributed by atoms with Crippen molar-refractivity contribution in [3.63, 3.8) is 0 Å². The number of rotatable bonds is 2. The van der Waals surface area contributed by atoms with Gasteiger partial charge in [-0.05, 0) is 59.0 Å². The van der Waals surface area contributed by atoms with Crippen LogP contribution in [-0.2, 0) is 0 Å². The monoisotopic (exact) mass is 356 g/mol. The molecule has 0 saturated heterocycles. The van der Waals surface area contributed by atoms with Crippen molar-refractivity contribution in [2.75, 3.05) is 11.1 Å². The molecule has 92 valence electrons. The van der Waals surface area contributed by atoms with Gasteiger partial charge in [-0.25, -0.2) is 4.39 Å². The molecule has 0 fully saturated rings. The number of carbonyl (C=O) groups excluding carboxylic acids is 1. The fourth-order valence-electron chi connectivity index (χ4n) is 1.45. The molecule has 3 N–H and O–H groups in total. The number of amides is 1. The van der Waals surface area contributed by atoms with Crippen molar-refractivity contribution in [1.29, 1.82) is 0 Å². The minimum Gasteiger partial charge on any atom is -0.396 e. The largest absolute Gasteiger partial charge is 0.396 e. The third kappa shape index (κ3) is 2.98. The van der Waals surface area contributed by atoms with Crippen molar-refractivity contribution in [2.24, 2.45) is 0 Å². The number of hydrogen-bond donors (Lipinski definition) is 2. The van der Waals surface area contributed by atoms with Crippen LogP contribution < -0.4 is 11.1 Å². The average Bonchev–Trinajstić information content (AvgIpc) is 2.34. The second-order valence-electron chi connectivity index (χ2n) is 3.70. The quantitative estimate of drug-likeness (QED) is 0.641. The zero-order chi connectivity index (χ0) is 13.1. The molecule has 0 aromatic heterocycles. The van der Waals surface area contributed by atoms with Crippen LogP contribution in [0.3, 0.4) is 0 Å². The highest BCUT2D eigenvalue weighted by molar-refractivity contribution is 14.1. The van der Waals surface area contributed by atoms with E-state index in [9.17, 15) is 9.18 Å². The third-order valence-corrected chi connectivity index (χ3v) is 3.01. The Bertz CT molecular complexity index is 601. The molecule has 0 aliphatic carbocycles. The van der Waals surface area contributed by atoms with Gasteiger partial charge in [-0.2, -0.15) is 0 Å². The van der Waals surface area contributed by atoms with Crippen LogP contribution in [0.1, 0.15) is 10.4 Å². The van der Waals surface area contributed by atoms with E-state index in [0.717, 1.165) is 3.57 Å². The highest BCUT2D eigenvalue weighted by Gasteiger charge is 2.07. The topological polar surface area (TPSA) is 55.1 Å². The van der Waals surface area contributed by atoms with Crippen molar-refractivity contribution in [2.45, 2.75) is 0 Å². The average molecular weight is 356 g/mol. The maximum Gasteiger partial charge on any atom is 0.255 e. The Balaban J connectivity index is 2.18. The molecular weight excluding hydrogens is 346 g/mol. The maximum absolute atomic E-state index is 13.0. The van der Waals surface area contributed by atoms with E-state index in [4.69, 9.17) is 5.73 Å². The number of carbonyl (C=O) groups is 1. The molecule has 0 aliphatic heterocycles. The molecule has 0 aliphatic rings. The highest BCUT2D eigenvalue weighted by Crippen LogP contribution is 2.17. The number of nitrogen functional groups attached to an aromatic ring is 1. The first-order chi connectivity index (χ1) is 8.56. The second kappa shape index (κ2) is 5.34. The number of anilines is 2. The zero-order valence-electron chi connectivity index (χ0n) is 9.28. The maximum atomic E-state index is 13.0. The molecule has 0 radical (unpaired) electrons. The summed E-state index contributed by atoms with van der Waals surface area (Å²) < 4.78 is 13.9. The fraction of sp³-hybridized carbons (Fsp3) is 0. The number of benzene rings is 2. The molecule has 0 saturated carbocycles. The first kappa shape index (κ1) is 12.8. The molecule has 0 heterocycles. The van der Waals surface area contributed by atoms with Gasteiger partial charge in [-0.15, -0.1) is 0 Å². The predicted molar refractivity (Wildman–Crippen MR) is 77.9 cm³/mol. The van der Waals surface area contributed by atoms with Gasteiger partial charge in [0.15, 0.2) is 0 Å². The van der Waals surface area contributed by atoms with Crippen molar-refractivity contribution >= 4 is 39.9 Å². The first-order valence-corrected chi connectivity index (χ1v) is 6.26. The lowest BCUT2D eigenvalue weighted by atomic mass is 10.2. The van der Waals surface area contributed by atoms with Crippen molar-refractivity contribution in [1.82, 2.24) is 0 Å². The molecule has 0 bridgehead atoms. The summed E-state index contributed by atoms with van der Waals surface area (Å²) >= 11 is 2.13. The summed E-state index contributed by atoms with van der Waals surface area (Å²) in [6.45, 7) is 0. The van der Waals surface area contributed by atoms with Crippen LogP contribution in [0.4, 0.5) is 15.8 Å². The minimum absolute atomic E-state index is 0.00967. The van der Waals surface area contributed by atoms with Gasteiger partial charge in [0.25, 0.3) is 5.91 Å². The first-order valence-electron chi connectivity index (χ1n) is 5.18. The van der Waals surface area contributed by atoms with E-state index in [-0.39, 0.29) is 11.6 Å². The number of nitrogens with one attached hydrogen (secondary N) is 1. The molecule has 0 spiro atoms. The summed E-state index contributed by atoms with van der Waals surface area (Å²) in [6.07, 6.45) is 0. The summed E-state index contributed by atoms with van der Waals surface area (Å²) in [5.41, 5.74) is 6.46. The summed E-state index contributed by atoms with van der Waals surface area (Å²) in [6, 6.07) is 11.3. The zero-order valence-corrected chi connectivity index (χ0v) is 11.4. The molecule has 0 unspecified atom stereocenters. The van der Waals surface area contributed by atoms with Crippen LogP contribution in [0, 0.1) is 9.39 Å². The van der Waals surface area contributed by atoms with Crippen LogP contribution >= 0.6 is 22.6 Å². The van der Waals surface area contributed by atoms with Gasteiger partial charge >= 0.3 is 0 Å². The summed E-state index contributed by atoms with van der Waals surface area (Å²) in [7, 11) is 0. The Hall–Kier alpha value is -1.63. The van der Waals surface area contributed by atoms with E-state index < -0.39 is 5.82 Å². The van der Waals surface area contributed by atoms with Crippen molar-refractivity contribution in [3.8, 4) is 0 Å². The van der Waals surface area contributed by atoms with Crippen LogP contribution in [0.2, 0.25) is 0 Å². The molecule has 3 nitrogen and oxygen atoms in total. The van der Waals surface area contributed by atoms with Crippen LogP contribution in [-0.4, -0.2) is 5.91 Å². The Morgan fingerprint density at radius 1 is 1.22 bits per heavy atom. The minimum atomic E-state index is -0.498. The van der Waals surface area contributed by atoms with E-state index >= 15 is 0 Å². The molecular formula is C13H10FIN2O. The van der Waals surface area contributed by atoms with E-state index in [1.165, 1.54) is 18.2 Å². The smallest absolute Gasteiger partial charge is 0.255 e. The summed E-state index contributed by atoms with van der Waals surface area (Å²) in [5.74, 6) is -0.748. The van der Waals surface area contributed by atoms with Gasteiger partial charge in [0.05, 0.1) is 5.69 Å². The van der Waals surface area contributed by atoms with Gasteiger partial charge in [0, 0.05) is 14.8 Å². The Kier molecular flexibility index (Phi) is 3.81. The molecule has 18 heavy (non-hydrogen) atoms. The van der Waals surface area contributed by atoms with Crippen molar-refractivity contribution < 1.29 is 9.18 Å². The standard InChI is InChI=1S/C13H10FIN2O/c14-11-5-4-10(7-12(11)16)17-13(18)8-2-1-3-9(15)6-8/h1-7H,16H2,(H,17,18). The molecule has 1 amide bonds. The number of halogens is 2. The van der Waals surface area contributed by atoms with Gasteiger partial charge < -0.3 is 11.1 Å². The fourth-order valence-corrected chi connectivity index (χ4v) is 2.00. The highest BCUT2D eigenvalue weighted by atomic mass is 127. The summed E-state index contributed by atoms with van der Waals surface area (Å²) in [5, 5.41) is 2.66.